The molecule has 5 aromatic carbocycles. The van der Waals surface area contributed by atoms with Crippen LogP contribution in [0.3, 0.4) is 0 Å². The summed E-state index contributed by atoms with van der Waals surface area (Å²) in [6.45, 7) is 0. The molecule has 0 heterocycles. The lowest BCUT2D eigenvalue weighted by Gasteiger charge is -2.08. The first kappa shape index (κ1) is 16.8. The van der Waals surface area contributed by atoms with Gasteiger partial charge in [0.25, 0.3) is 0 Å². The summed E-state index contributed by atoms with van der Waals surface area (Å²) in [6, 6.07) is 34.3. The summed E-state index contributed by atoms with van der Waals surface area (Å²) in [7, 11) is 4.82. The van der Waals surface area contributed by atoms with Crippen LogP contribution in [0, 0.1) is 0 Å². The van der Waals surface area contributed by atoms with Crippen LogP contribution in [0.15, 0.2) is 97.1 Å². The predicted molar refractivity (Wildman–Crippen MR) is 123 cm³/mol. The second-order valence-electron chi connectivity index (χ2n) is 6.57. The lowest BCUT2D eigenvalue weighted by Crippen LogP contribution is -2.03. The zero-order valence-electron chi connectivity index (χ0n) is 14.8. The average molecular weight is 350 g/mol. The van der Waals surface area contributed by atoms with Crippen LogP contribution >= 0.6 is 9.24 Å². The van der Waals surface area contributed by atoms with E-state index in [0.717, 1.165) is 0 Å². The van der Waals surface area contributed by atoms with E-state index in [-0.39, 0.29) is 0 Å². The minimum absolute atomic E-state index is 1.24. The molecule has 0 aliphatic heterocycles. The molecule has 26 heavy (non-hydrogen) atoms. The van der Waals surface area contributed by atoms with Gasteiger partial charge in [0.1, 0.15) is 7.85 Å². The topological polar surface area (TPSA) is 0 Å². The van der Waals surface area contributed by atoms with Crippen LogP contribution in [0.5, 0.6) is 0 Å². The maximum atomic E-state index is 2.63. The molecule has 2 heteroatoms. The normalized spacial score (nSPS) is 10.7. The van der Waals surface area contributed by atoms with E-state index in [4.69, 9.17) is 0 Å². The van der Waals surface area contributed by atoms with Crippen molar-refractivity contribution in [1.82, 2.24) is 0 Å². The highest BCUT2D eigenvalue weighted by Gasteiger charge is 2.04. The molecule has 124 valence electrons. The van der Waals surface area contributed by atoms with Gasteiger partial charge in [0.05, 0.1) is 0 Å². The van der Waals surface area contributed by atoms with Crippen LogP contribution in [0.1, 0.15) is 0 Å². The minimum Gasteiger partial charge on any atom is -0.106 e. The van der Waals surface area contributed by atoms with Gasteiger partial charge >= 0.3 is 0 Å². The molecule has 5 rings (SSSR count). The Bertz CT molecular complexity index is 1200. The maximum Gasteiger partial charge on any atom is 0.140 e. The van der Waals surface area contributed by atoms with Crippen molar-refractivity contribution in [2.24, 2.45) is 0 Å². The summed E-state index contributed by atoms with van der Waals surface area (Å²) in [5.41, 5.74) is 1.35. The van der Waals surface area contributed by atoms with Gasteiger partial charge in [-0.1, -0.05) is 90.4 Å². The molecule has 1 unspecified atom stereocenters. The van der Waals surface area contributed by atoms with E-state index in [2.05, 4.69) is 83.8 Å². The Labute approximate surface area is 157 Å². The number of fused-ring (bicyclic) bond motifs is 4. The molecule has 5 aromatic rings. The molecular formula is C24H20BP. The fourth-order valence-corrected chi connectivity index (χ4v) is 3.66. The van der Waals surface area contributed by atoms with Gasteiger partial charge in [-0.3, -0.25) is 0 Å². The second-order valence-corrected chi connectivity index (χ2v) is 7.24. The Kier molecular flexibility index (Phi) is 4.74. The Balaban J connectivity index is 0.000000204. The van der Waals surface area contributed by atoms with Gasteiger partial charge in [-0.25, -0.2) is 0 Å². The lowest BCUT2D eigenvalue weighted by molar-refractivity contribution is 1.78. The smallest absolute Gasteiger partial charge is 0.106 e. The van der Waals surface area contributed by atoms with Crippen molar-refractivity contribution in [3.05, 3.63) is 97.1 Å². The SMILES string of the molecule is Bc1cccc2ccc3cc4ccccc4cc3c12.Pc1ccccc1. The molecular weight excluding hydrogens is 330 g/mol. The Morgan fingerprint density at radius 1 is 0.538 bits per heavy atom. The van der Waals surface area contributed by atoms with Gasteiger partial charge in [-0.2, -0.15) is 0 Å². The van der Waals surface area contributed by atoms with Crippen LogP contribution in [0.25, 0.3) is 32.3 Å². The maximum absolute atomic E-state index is 2.63. The third-order valence-corrected chi connectivity index (χ3v) is 5.12. The molecule has 1 atom stereocenters. The van der Waals surface area contributed by atoms with E-state index >= 15 is 0 Å². The van der Waals surface area contributed by atoms with Crippen LogP contribution in [0.2, 0.25) is 0 Å². The summed E-state index contributed by atoms with van der Waals surface area (Å²) in [5.74, 6) is 0. The van der Waals surface area contributed by atoms with Crippen molar-refractivity contribution in [3.8, 4) is 0 Å². The van der Waals surface area contributed by atoms with Crippen molar-refractivity contribution in [2.45, 2.75) is 0 Å². The molecule has 0 nitrogen and oxygen atoms in total. The van der Waals surface area contributed by atoms with Gasteiger partial charge in [0, 0.05) is 0 Å². The molecule has 0 saturated carbocycles. The van der Waals surface area contributed by atoms with Crippen molar-refractivity contribution in [2.75, 3.05) is 0 Å². The van der Waals surface area contributed by atoms with Gasteiger partial charge in [0.2, 0.25) is 0 Å². The number of rotatable bonds is 0. The fraction of sp³-hybridized carbons (Fsp3) is 0. The Hall–Kier alpha value is -2.63. The second kappa shape index (κ2) is 7.32. The molecule has 0 radical (unpaired) electrons. The number of hydrogen-bond donors (Lipinski definition) is 0. The highest BCUT2D eigenvalue weighted by atomic mass is 31.0. The first-order valence-corrected chi connectivity index (χ1v) is 9.41. The summed E-state index contributed by atoms with van der Waals surface area (Å²) < 4.78 is 0. The molecule has 0 amide bonds. The van der Waals surface area contributed by atoms with Crippen LogP contribution < -0.4 is 10.8 Å². The zero-order chi connectivity index (χ0) is 17.9. The monoisotopic (exact) mass is 350 g/mol. The summed E-state index contributed by atoms with van der Waals surface area (Å²) in [6.07, 6.45) is 0. The number of hydrogen-bond acceptors (Lipinski definition) is 0. The Morgan fingerprint density at radius 2 is 1.15 bits per heavy atom. The highest BCUT2D eigenvalue weighted by Crippen LogP contribution is 2.28. The first-order chi connectivity index (χ1) is 12.7. The minimum atomic E-state index is 1.24. The fourth-order valence-electron chi connectivity index (χ4n) is 3.44. The van der Waals surface area contributed by atoms with Crippen molar-refractivity contribution >= 4 is 60.2 Å². The molecule has 0 N–H and O–H groups in total. The van der Waals surface area contributed by atoms with Crippen LogP contribution in [-0.2, 0) is 0 Å². The summed E-state index contributed by atoms with van der Waals surface area (Å²) in [4.78, 5) is 0. The number of benzene rings is 5. The van der Waals surface area contributed by atoms with E-state index in [1.165, 1.54) is 43.1 Å². The molecule has 0 saturated heterocycles. The van der Waals surface area contributed by atoms with E-state index in [9.17, 15) is 0 Å². The van der Waals surface area contributed by atoms with Gasteiger partial charge in [-0.05, 0) is 49.8 Å². The van der Waals surface area contributed by atoms with Crippen molar-refractivity contribution < 1.29 is 0 Å². The largest absolute Gasteiger partial charge is 0.140 e. The van der Waals surface area contributed by atoms with Crippen molar-refractivity contribution in [3.63, 3.8) is 0 Å². The quantitative estimate of drug-likeness (QED) is 0.166. The third kappa shape index (κ3) is 3.36. The van der Waals surface area contributed by atoms with Crippen molar-refractivity contribution in [1.29, 1.82) is 0 Å². The average Bonchev–Trinajstić information content (AvgIpc) is 2.67. The summed E-state index contributed by atoms with van der Waals surface area (Å²) >= 11 is 0. The predicted octanol–water partition coefficient (Wildman–Crippen LogP) is 4.59. The highest BCUT2D eigenvalue weighted by molar-refractivity contribution is 7.27. The molecule has 0 fully saturated rings. The van der Waals surface area contributed by atoms with E-state index < -0.39 is 0 Å². The van der Waals surface area contributed by atoms with Crippen LogP contribution in [-0.4, -0.2) is 7.85 Å². The van der Waals surface area contributed by atoms with E-state index in [1.54, 1.807) is 0 Å². The van der Waals surface area contributed by atoms with E-state index in [1.807, 2.05) is 30.3 Å². The Morgan fingerprint density at radius 3 is 1.85 bits per heavy atom. The summed E-state index contributed by atoms with van der Waals surface area (Å²) in [5, 5.41) is 9.24. The molecule has 0 aromatic heterocycles. The molecule has 0 bridgehead atoms. The van der Waals surface area contributed by atoms with Gasteiger partial charge in [0.15, 0.2) is 0 Å². The molecule has 0 aliphatic rings. The standard InChI is InChI=1S/C18H13B.C6H7P/c19-17-7-3-6-12-8-9-15-10-13-4-1-2-5-14(13)11-16(15)18(12)17;7-6-4-2-1-3-5-6/h1-11H,19H2;1-5H,7H2. The first-order valence-electron chi connectivity index (χ1n) is 8.84. The molecule has 0 spiro atoms. The molecule has 0 aliphatic carbocycles. The zero-order valence-corrected chi connectivity index (χ0v) is 16.0. The lowest BCUT2D eigenvalue weighted by atomic mass is 9.87. The van der Waals surface area contributed by atoms with Gasteiger partial charge < -0.3 is 0 Å². The van der Waals surface area contributed by atoms with E-state index in [0.29, 0.717) is 0 Å². The van der Waals surface area contributed by atoms with Crippen LogP contribution in [0.4, 0.5) is 0 Å². The van der Waals surface area contributed by atoms with Gasteiger partial charge in [-0.15, -0.1) is 9.24 Å². The third-order valence-electron chi connectivity index (χ3n) is 4.73.